The van der Waals surface area contributed by atoms with Crippen molar-refractivity contribution in [2.24, 2.45) is 0 Å². The molecule has 0 aliphatic carbocycles. The minimum absolute atomic E-state index is 0.323. The van der Waals surface area contributed by atoms with Crippen molar-refractivity contribution in [3.05, 3.63) is 46.3 Å². The molecule has 0 bridgehead atoms. The molecule has 3 rings (SSSR count). The number of hydrogen-bond donors (Lipinski definition) is 1. The van der Waals surface area contributed by atoms with Gasteiger partial charge in [0.1, 0.15) is 16.5 Å². The number of sulfonamides is 1. The summed E-state index contributed by atoms with van der Waals surface area (Å²) in [5, 5.41) is 0. The topological polar surface area (TPSA) is 51.1 Å². The highest BCUT2D eigenvalue weighted by Gasteiger charge is 2.31. The molecule has 1 N–H and O–H groups in total. The summed E-state index contributed by atoms with van der Waals surface area (Å²) in [5.41, 5.74) is 1.20. The van der Waals surface area contributed by atoms with Crippen LogP contribution < -0.4 is 9.64 Å². The number of halogens is 1. The van der Waals surface area contributed by atoms with E-state index in [1.807, 2.05) is 18.2 Å². The van der Waals surface area contributed by atoms with Crippen LogP contribution in [0.1, 0.15) is 5.56 Å². The number of methoxy groups -OCH3 is 1. The Morgan fingerprint density at radius 3 is 2.62 bits per heavy atom. The van der Waals surface area contributed by atoms with Crippen LogP contribution in [0.5, 0.6) is 5.75 Å². The SMILES string of the molecule is COc1cccc(C[NH+]2CCN(S(=O)(=O)c3ccc(Cl)s3)CC2)c1. The second-order valence-electron chi connectivity index (χ2n) is 5.74. The largest absolute Gasteiger partial charge is 0.497 e. The molecule has 1 aromatic heterocycles. The van der Waals surface area contributed by atoms with E-state index in [2.05, 4.69) is 6.07 Å². The lowest BCUT2D eigenvalue weighted by atomic mass is 10.2. The molecule has 1 fully saturated rings. The third kappa shape index (κ3) is 3.92. The summed E-state index contributed by atoms with van der Waals surface area (Å²) in [6.07, 6.45) is 0. The Hall–Kier alpha value is -1.12. The van der Waals surface area contributed by atoms with Crippen LogP contribution in [-0.4, -0.2) is 46.0 Å². The average molecular weight is 388 g/mol. The summed E-state index contributed by atoms with van der Waals surface area (Å²) >= 11 is 6.98. The van der Waals surface area contributed by atoms with Gasteiger partial charge in [0.2, 0.25) is 0 Å². The highest BCUT2D eigenvalue weighted by molar-refractivity contribution is 7.91. The van der Waals surface area contributed by atoms with E-state index in [9.17, 15) is 8.42 Å². The first-order valence-electron chi connectivity index (χ1n) is 7.71. The normalized spacial score (nSPS) is 17.1. The van der Waals surface area contributed by atoms with Crippen LogP contribution in [0.2, 0.25) is 4.34 Å². The molecule has 0 saturated carbocycles. The summed E-state index contributed by atoms with van der Waals surface area (Å²) in [6.45, 7) is 3.50. The van der Waals surface area contributed by atoms with E-state index >= 15 is 0 Å². The van der Waals surface area contributed by atoms with Gasteiger partial charge >= 0.3 is 0 Å². The third-order valence-electron chi connectivity index (χ3n) is 4.16. The van der Waals surface area contributed by atoms with Crippen molar-refractivity contribution in [3.63, 3.8) is 0 Å². The average Bonchev–Trinajstić information content (AvgIpc) is 3.03. The maximum Gasteiger partial charge on any atom is 0.253 e. The Balaban J connectivity index is 1.61. The lowest BCUT2D eigenvalue weighted by molar-refractivity contribution is -0.917. The van der Waals surface area contributed by atoms with Crippen LogP contribution in [0.15, 0.2) is 40.6 Å². The van der Waals surface area contributed by atoms with Gasteiger partial charge in [0.15, 0.2) is 0 Å². The van der Waals surface area contributed by atoms with Crippen molar-refractivity contribution in [1.29, 1.82) is 0 Å². The van der Waals surface area contributed by atoms with Gasteiger partial charge in [-0.25, -0.2) is 8.42 Å². The number of quaternary nitrogens is 1. The lowest BCUT2D eigenvalue weighted by Gasteiger charge is -2.31. The smallest absolute Gasteiger partial charge is 0.253 e. The Labute approximate surface area is 151 Å². The van der Waals surface area contributed by atoms with Crippen LogP contribution in [-0.2, 0) is 16.6 Å². The van der Waals surface area contributed by atoms with Crippen molar-refractivity contribution in [2.75, 3.05) is 33.3 Å². The fourth-order valence-electron chi connectivity index (χ4n) is 2.85. The fourth-order valence-corrected chi connectivity index (χ4v) is 5.93. The van der Waals surface area contributed by atoms with Crippen LogP contribution in [0, 0.1) is 0 Å². The summed E-state index contributed by atoms with van der Waals surface area (Å²) in [5.74, 6) is 0.850. The molecular formula is C16H20ClN2O3S2+. The molecule has 1 aliphatic heterocycles. The minimum atomic E-state index is -3.41. The van der Waals surface area contributed by atoms with Gasteiger partial charge in [-0.3, -0.25) is 0 Å². The Bertz CT molecular complexity index is 799. The molecular weight excluding hydrogens is 368 g/mol. The van der Waals surface area contributed by atoms with Crippen molar-refractivity contribution in [3.8, 4) is 5.75 Å². The predicted octanol–water partition coefficient (Wildman–Crippen LogP) is 1.50. The quantitative estimate of drug-likeness (QED) is 0.845. The van der Waals surface area contributed by atoms with Gasteiger partial charge < -0.3 is 9.64 Å². The molecule has 0 spiro atoms. The highest BCUT2D eigenvalue weighted by atomic mass is 35.5. The molecule has 0 amide bonds. The van der Waals surface area contributed by atoms with Crippen LogP contribution in [0.4, 0.5) is 0 Å². The molecule has 1 saturated heterocycles. The molecule has 0 unspecified atom stereocenters. The number of rotatable bonds is 5. The van der Waals surface area contributed by atoms with Gasteiger partial charge in [-0.1, -0.05) is 23.7 Å². The molecule has 1 aliphatic rings. The standard InChI is InChI=1S/C16H19ClN2O3S2/c1-22-14-4-2-3-13(11-14)12-18-7-9-19(10-8-18)24(20,21)16-6-5-15(17)23-16/h2-6,11H,7-10,12H2,1H3/p+1. The number of nitrogens with one attached hydrogen (secondary N) is 1. The van der Waals surface area contributed by atoms with Crippen molar-refractivity contribution in [2.45, 2.75) is 10.8 Å². The van der Waals surface area contributed by atoms with E-state index in [1.54, 1.807) is 23.5 Å². The summed E-state index contributed by atoms with van der Waals surface area (Å²) in [6, 6.07) is 11.2. The molecule has 24 heavy (non-hydrogen) atoms. The van der Waals surface area contributed by atoms with Crippen LogP contribution >= 0.6 is 22.9 Å². The number of hydrogen-bond acceptors (Lipinski definition) is 4. The minimum Gasteiger partial charge on any atom is -0.497 e. The van der Waals surface area contributed by atoms with Crippen molar-refractivity contribution in [1.82, 2.24) is 4.31 Å². The predicted molar refractivity (Wildman–Crippen MR) is 95.5 cm³/mol. The second kappa shape index (κ2) is 7.41. The molecule has 130 valence electrons. The summed E-state index contributed by atoms with van der Waals surface area (Å²) in [4.78, 5) is 1.37. The maximum atomic E-state index is 12.6. The Kier molecular flexibility index (Phi) is 5.46. The fraction of sp³-hybridized carbons (Fsp3) is 0.375. The molecule has 1 aromatic carbocycles. The van der Waals surface area contributed by atoms with Gasteiger partial charge in [-0.2, -0.15) is 4.31 Å². The van der Waals surface area contributed by atoms with Crippen molar-refractivity contribution < 1.29 is 18.1 Å². The van der Waals surface area contributed by atoms with E-state index in [-0.39, 0.29) is 0 Å². The zero-order valence-corrected chi connectivity index (χ0v) is 15.8. The molecule has 2 aromatic rings. The van der Waals surface area contributed by atoms with Gasteiger partial charge in [0.25, 0.3) is 10.0 Å². The zero-order valence-electron chi connectivity index (χ0n) is 13.4. The first-order valence-corrected chi connectivity index (χ1v) is 10.3. The first-order chi connectivity index (χ1) is 11.5. The van der Waals surface area contributed by atoms with E-state index in [4.69, 9.17) is 16.3 Å². The Morgan fingerprint density at radius 2 is 2.00 bits per heavy atom. The Morgan fingerprint density at radius 1 is 1.25 bits per heavy atom. The van der Waals surface area contributed by atoms with Gasteiger partial charge in [-0.05, 0) is 24.3 Å². The monoisotopic (exact) mass is 387 g/mol. The third-order valence-corrected chi connectivity index (χ3v) is 7.76. The van der Waals surface area contributed by atoms with Gasteiger partial charge in [-0.15, -0.1) is 11.3 Å². The van der Waals surface area contributed by atoms with E-state index in [0.29, 0.717) is 21.6 Å². The van der Waals surface area contributed by atoms with E-state index in [1.165, 1.54) is 10.5 Å². The van der Waals surface area contributed by atoms with Gasteiger partial charge in [0.05, 0.1) is 37.6 Å². The molecule has 2 heterocycles. The number of benzene rings is 1. The van der Waals surface area contributed by atoms with Crippen LogP contribution in [0.25, 0.3) is 0 Å². The zero-order chi connectivity index (χ0) is 17.2. The molecule has 8 heteroatoms. The van der Waals surface area contributed by atoms with E-state index in [0.717, 1.165) is 36.7 Å². The first kappa shape index (κ1) is 17.7. The van der Waals surface area contributed by atoms with E-state index < -0.39 is 10.0 Å². The van der Waals surface area contributed by atoms with Gasteiger partial charge in [0, 0.05) is 5.56 Å². The number of ether oxygens (including phenoxy) is 1. The number of nitrogens with zero attached hydrogens (tertiary/aromatic N) is 1. The number of thiophene rings is 1. The molecule has 0 atom stereocenters. The highest BCUT2D eigenvalue weighted by Crippen LogP contribution is 2.28. The molecule has 0 radical (unpaired) electrons. The van der Waals surface area contributed by atoms with Crippen LogP contribution in [0.3, 0.4) is 0 Å². The molecule has 5 nitrogen and oxygen atoms in total. The maximum absolute atomic E-state index is 12.6. The van der Waals surface area contributed by atoms with Crippen molar-refractivity contribution >= 4 is 33.0 Å². The summed E-state index contributed by atoms with van der Waals surface area (Å²) in [7, 11) is -1.75. The summed E-state index contributed by atoms with van der Waals surface area (Å²) < 4.78 is 32.8. The lowest BCUT2D eigenvalue weighted by Crippen LogP contribution is -3.13. The second-order valence-corrected chi connectivity index (χ2v) is 9.62. The number of piperazine rings is 1.